The van der Waals surface area contributed by atoms with Crippen molar-refractivity contribution < 1.29 is 24.2 Å². The molecule has 7 nitrogen and oxygen atoms in total. The first-order chi connectivity index (χ1) is 12.5. The summed E-state index contributed by atoms with van der Waals surface area (Å²) in [7, 11) is 1.56. The number of benzene rings is 2. The van der Waals surface area contributed by atoms with Gasteiger partial charge in [0.2, 0.25) is 0 Å². The number of nitrogens with one attached hydrogen (secondary N) is 2. The summed E-state index contributed by atoms with van der Waals surface area (Å²) >= 11 is 0. The maximum atomic E-state index is 12.4. The number of hydrogen-bond donors (Lipinski definition) is 3. The number of anilines is 2. The van der Waals surface area contributed by atoms with E-state index in [1.807, 2.05) is 0 Å². The van der Waals surface area contributed by atoms with Crippen molar-refractivity contribution in [2.24, 2.45) is 0 Å². The summed E-state index contributed by atoms with van der Waals surface area (Å²) in [4.78, 5) is 24.6. The minimum atomic E-state index is -0.976. The lowest BCUT2D eigenvalue weighted by atomic mass is 10.1. The van der Waals surface area contributed by atoms with Crippen LogP contribution in [0.15, 0.2) is 48.5 Å². The molecule has 26 heavy (non-hydrogen) atoms. The molecular formula is C19H22N2O5. The van der Waals surface area contributed by atoms with Crippen molar-refractivity contribution in [2.75, 3.05) is 30.9 Å². The van der Waals surface area contributed by atoms with E-state index in [9.17, 15) is 9.59 Å². The molecule has 0 radical (unpaired) electrons. The molecule has 7 heteroatoms. The van der Waals surface area contributed by atoms with E-state index >= 15 is 0 Å². The Balaban J connectivity index is 1.98. The fourth-order valence-electron chi connectivity index (χ4n) is 2.20. The molecule has 138 valence electrons. The van der Waals surface area contributed by atoms with E-state index in [1.54, 1.807) is 55.6 Å². The maximum absolute atomic E-state index is 12.4. The summed E-state index contributed by atoms with van der Waals surface area (Å²) in [5.41, 5.74) is 1.41. The third kappa shape index (κ3) is 5.22. The van der Waals surface area contributed by atoms with E-state index in [0.717, 1.165) is 0 Å². The van der Waals surface area contributed by atoms with E-state index in [4.69, 9.17) is 14.6 Å². The molecule has 0 aliphatic rings. The summed E-state index contributed by atoms with van der Waals surface area (Å²) < 4.78 is 10.3. The van der Waals surface area contributed by atoms with Crippen LogP contribution in [0.25, 0.3) is 0 Å². The highest BCUT2D eigenvalue weighted by Crippen LogP contribution is 2.18. The Morgan fingerprint density at radius 3 is 2.46 bits per heavy atom. The van der Waals surface area contributed by atoms with Gasteiger partial charge in [0.15, 0.2) is 6.10 Å². The van der Waals surface area contributed by atoms with E-state index < -0.39 is 18.0 Å². The third-order valence-corrected chi connectivity index (χ3v) is 3.58. The molecule has 2 aromatic carbocycles. The van der Waals surface area contributed by atoms with Gasteiger partial charge in [0.05, 0.1) is 19.3 Å². The number of aliphatic hydroxyl groups is 1. The van der Waals surface area contributed by atoms with Gasteiger partial charge in [-0.2, -0.15) is 0 Å². The van der Waals surface area contributed by atoms with Crippen LogP contribution in [0.1, 0.15) is 17.3 Å². The average molecular weight is 358 g/mol. The second-order valence-corrected chi connectivity index (χ2v) is 5.46. The Morgan fingerprint density at radius 1 is 1.12 bits per heavy atom. The Morgan fingerprint density at radius 2 is 1.81 bits per heavy atom. The van der Waals surface area contributed by atoms with Gasteiger partial charge in [-0.05, 0) is 43.3 Å². The molecule has 3 N–H and O–H groups in total. The van der Waals surface area contributed by atoms with Gasteiger partial charge in [0.1, 0.15) is 5.75 Å². The molecule has 1 amide bonds. The first-order valence-electron chi connectivity index (χ1n) is 8.14. The molecule has 0 saturated heterocycles. The maximum Gasteiger partial charge on any atom is 0.341 e. The van der Waals surface area contributed by atoms with Gasteiger partial charge in [-0.1, -0.05) is 12.1 Å². The largest absolute Gasteiger partial charge is 0.497 e. The first kappa shape index (κ1) is 19.3. The van der Waals surface area contributed by atoms with Crippen molar-refractivity contribution in [1.82, 2.24) is 0 Å². The molecule has 0 spiro atoms. The van der Waals surface area contributed by atoms with Crippen molar-refractivity contribution in [3.8, 4) is 5.75 Å². The zero-order chi connectivity index (χ0) is 18.9. The lowest BCUT2D eigenvalue weighted by molar-refractivity contribution is -0.123. The van der Waals surface area contributed by atoms with Gasteiger partial charge >= 0.3 is 5.97 Å². The van der Waals surface area contributed by atoms with Crippen LogP contribution in [0.4, 0.5) is 11.4 Å². The highest BCUT2D eigenvalue weighted by atomic mass is 16.5. The van der Waals surface area contributed by atoms with E-state index in [2.05, 4.69) is 10.6 Å². The predicted octanol–water partition coefficient (Wildman–Crippen LogP) is 2.28. The summed E-state index contributed by atoms with van der Waals surface area (Å²) in [6, 6.07) is 13.6. The quantitative estimate of drug-likeness (QED) is 0.627. The molecule has 2 aromatic rings. The fraction of sp³-hybridized carbons (Fsp3) is 0.263. The van der Waals surface area contributed by atoms with Crippen molar-refractivity contribution in [1.29, 1.82) is 0 Å². The molecule has 0 unspecified atom stereocenters. The van der Waals surface area contributed by atoms with E-state index in [1.165, 1.54) is 6.92 Å². The van der Waals surface area contributed by atoms with Crippen LogP contribution in [-0.4, -0.2) is 43.3 Å². The molecule has 0 aromatic heterocycles. The number of esters is 1. The van der Waals surface area contributed by atoms with Crippen LogP contribution >= 0.6 is 0 Å². The summed E-state index contributed by atoms with van der Waals surface area (Å²) in [5, 5.41) is 14.5. The fourth-order valence-corrected chi connectivity index (χ4v) is 2.20. The molecule has 2 rings (SSSR count). The summed E-state index contributed by atoms with van der Waals surface area (Å²) in [6.07, 6.45) is -0.976. The standard InChI is InChI=1S/C19H22N2O5/c1-13(18(23)21-14-7-9-15(25-2)10-8-14)26-19(24)16-5-3-4-6-17(16)20-11-12-22/h3-10,13,20,22H,11-12H2,1-2H3,(H,21,23)/t13-/m0/s1. The third-order valence-electron chi connectivity index (χ3n) is 3.58. The number of rotatable bonds is 8. The molecule has 0 fully saturated rings. The predicted molar refractivity (Wildman–Crippen MR) is 98.5 cm³/mol. The number of amides is 1. The SMILES string of the molecule is COc1ccc(NC(=O)[C@H](C)OC(=O)c2ccccc2NCCO)cc1. The van der Waals surface area contributed by atoms with Crippen LogP contribution in [-0.2, 0) is 9.53 Å². The minimum Gasteiger partial charge on any atom is -0.497 e. The van der Waals surface area contributed by atoms with Gasteiger partial charge in [-0.3, -0.25) is 4.79 Å². The normalized spacial score (nSPS) is 11.3. The van der Waals surface area contributed by atoms with Crippen molar-refractivity contribution in [3.63, 3.8) is 0 Å². The zero-order valence-electron chi connectivity index (χ0n) is 14.7. The molecule has 0 bridgehead atoms. The van der Waals surface area contributed by atoms with Gasteiger partial charge in [-0.15, -0.1) is 0 Å². The number of aliphatic hydroxyl groups excluding tert-OH is 1. The zero-order valence-corrected chi connectivity index (χ0v) is 14.7. The van der Waals surface area contributed by atoms with E-state index in [0.29, 0.717) is 29.2 Å². The number of ether oxygens (including phenoxy) is 2. The number of carbonyl (C=O) groups is 2. The molecule has 1 atom stereocenters. The van der Waals surface area contributed by atoms with Crippen LogP contribution in [0.2, 0.25) is 0 Å². The Labute approximate surface area is 151 Å². The second kappa shape index (κ2) is 9.43. The monoisotopic (exact) mass is 358 g/mol. The second-order valence-electron chi connectivity index (χ2n) is 5.46. The lowest BCUT2D eigenvalue weighted by Gasteiger charge is -2.15. The molecule has 0 aliphatic heterocycles. The van der Waals surface area contributed by atoms with Gasteiger partial charge < -0.3 is 25.2 Å². The Kier molecular flexibility index (Phi) is 6.99. The number of carbonyl (C=O) groups excluding carboxylic acids is 2. The van der Waals surface area contributed by atoms with Gasteiger partial charge in [0.25, 0.3) is 5.91 Å². The van der Waals surface area contributed by atoms with E-state index in [-0.39, 0.29) is 6.61 Å². The number of methoxy groups -OCH3 is 1. The van der Waals surface area contributed by atoms with Crippen LogP contribution < -0.4 is 15.4 Å². The van der Waals surface area contributed by atoms with Gasteiger partial charge in [0, 0.05) is 17.9 Å². The minimum absolute atomic E-state index is 0.0654. The van der Waals surface area contributed by atoms with Crippen molar-refractivity contribution >= 4 is 23.3 Å². The molecule has 0 aliphatic carbocycles. The average Bonchev–Trinajstić information content (AvgIpc) is 2.67. The smallest absolute Gasteiger partial charge is 0.341 e. The van der Waals surface area contributed by atoms with Gasteiger partial charge in [-0.25, -0.2) is 4.79 Å². The number of para-hydroxylation sites is 1. The Hall–Kier alpha value is -3.06. The highest BCUT2D eigenvalue weighted by Gasteiger charge is 2.20. The summed E-state index contributed by atoms with van der Waals surface area (Å²) in [5.74, 6) is -0.387. The molecular weight excluding hydrogens is 336 g/mol. The highest BCUT2D eigenvalue weighted by molar-refractivity contribution is 5.99. The van der Waals surface area contributed by atoms with Crippen LogP contribution in [0.3, 0.4) is 0 Å². The summed E-state index contributed by atoms with van der Waals surface area (Å²) in [6.45, 7) is 1.74. The molecule has 0 saturated carbocycles. The van der Waals surface area contributed by atoms with Crippen molar-refractivity contribution in [3.05, 3.63) is 54.1 Å². The first-order valence-corrected chi connectivity index (χ1v) is 8.14. The lowest BCUT2D eigenvalue weighted by Crippen LogP contribution is -2.30. The van der Waals surface area contributed by atoms with Crippen LogP contribution in [0, 0.1) is 0 Å². The topological polar surface area (TPSA) is 96.9 Å². The molecule has 0 heterocycles. The Bertz CT molecular complexity index is 746. The van der Waals surface area contributed by atoms with Crippen molar-refractivity contribution in [2.45, 2.75) is 13.0 Å². The van der Waals surface area contributed by atoms with Crippen LogP contribution in [0.5, 0.6) is 5.75 Å². The number of hydrogen-bond acceptors (Lipinski definition) is 6.